The van der Waals surface area contributed by atoms with E-state index in [9.17, 15) is 0 Å². The third kappa shape index (κ3) is 4.78. The number of halogens is 1. The van der Waals surface area contributed by atoms with Crippen LogP contribution in [0.5, 0.6) is 0 Å². The first-order valence-electron chi connectivity index (χ1n) is 7.00. The van der Waals surface area contributed by atoms with Crippen molar-refractivity contribution in [2.75, 3.05) is 25.2 Å². The number of hydrogen-bond donors (Lipinski definition) is 2. The number of thioether (sulfide) groups is 1. The maximum Gasteiger partial charge on any atom is 0.195 e. The Morgan fingerprint density at radius 2 is 1.95 bits per heavy atom. The van der Waals surface area contributed by atoms with E-state index in [4.69, 9.17) is 5.41 Å². The van der Waals surface area contributed by atoms with Gasteiger partial charge in [-0.15, -0.1) is 11.8 Å². The van der Waals surface area contributed by atoms with E-state index >= 15 is 0 Å². The second-order valence-corrected chi connectivity index (χ2v) is 6.95. The van der Waals surface area contributed by atoms with Crippen molar-refractivity contribution in [2.24, 2.45) is 0 Å². The SMILES string of the molecule is CSc1cccc(NC(=N)N(C)CC(Br)c2ccccc2)c1. The van der Waals surface area contributed by atoms with Crippen LogP contribution in [-0.4, -0.2) is 30.7 Å². The number of nitrogens with one attached hydrogen (secondary N) is 2. The number of benzene rings is 2. The van der Waals surface area contributed by atoms with Gasteiger partial charge in [0.2, 0.25) is 0 Å². The highest BCUT2D eigenvalue weighted by Gasteiger charge is 2.12. The summed E-state index contributed by atoms with van der Waals surface area (Å²) in [6.07, 6.45) is 2.05. The molecule has 2 aromatic carbocycles. The van der Waals surface area contributed by atoms with E-state index in [-0.39, 0.29) is 4.83 Å². The molecule has 1 atom stereocenters. The minimum atomic E-state index is 0.193. The molecule has 0 aliphatic rings. The molecule has 0 amide bonds. The van der Waals surface area contributed by atoms with Gasteiger partial charge in [-0.2, -0.15) is 0 Å². The Hall–Kier alpha value is -1.46. The Morgan fingerprint density at radius 1 is 1.23 bits per heavy atom. The number of anilines is 1. The van der Waals surface area contributed by atoms with Crippen LogP contribution in [-0.2, 0) is 0 Å². The van der Waals surface area contributed by atoms with E-state index < -0.39 is 0 Å². The van der Waals surface area contributed by atoms with Gasteiger partial charge in [-0.25, -0.2) is 0 Å². The zero-order chi connectivity index (χ0) is 15.9. The van der Waals surface area contributed by atoms with Crippen molar-refractivity contribution in [3.8, 4) is 0 Å². The monoisotopic (exact) mass is 377 g/mol. The maximum atomic E-state index is 8.20. The van der Waals surface area contributed by atoms with E-state index in [1.165, 1.54) is 10.5 Å². The van der Waals surface area contributed by atoms with Crippen LogP contribution in [0.2, 0.25) is 0 Å². The molecule has 116 valence electrons. The predicted molar refractivity (Wildman–Crippen MR) is 100 cm³/mol. The molecule has 0 bridgehead atoms. The van der Waals surface area contributed by atoms with Gasteiger partial charge in [-0.3, -0.25) is 5.41 Å². The number of rotatable bonds is 5. The Labute approximate surface area is 144 Å². The van der Waals surface area contributed by atoms with Crippen LogP contribution in [0.1, 0.15) is 10.4 Å². The first-order valence-corrected chi connectivity index (χ1v) is 9.14. The van der Waals surface area contributed by atoms with Crippen LogP contribution in [0.25, 0.3) is 0 Å². The largest absolute Gasteiger partial charge is 0.344 e. The third-order valence-electron chi connectivity index (χ3n) is 3.31. The lowest BCUT2D eigenvalue weighted by molar-refractivity contribution is 0.501. The molecule has 0 aliphatic heterocycles. The molecule has 0 saturated carbocycles. The second kappa shape index (κ2) is 8.25. The third-order valence-corrected chi connectivity index (χ3v) is 4.85. The first kappa shape index (κ1) is 16.9. The van der Waals surface area contributed by atoms with Crippen molar-refractivity contribution in [1.29, 1.82) is 5.41 Å². The molecule has 2 N–H and O–H groups in total. The van der Waals surface area contributed by atoms with E-state index in [1.54, 1.807) is 11.8 Å². The minimum Gasteiger partial charge on any atom is -0.344 e. The summed E-state index contributed by atoms with van der Waals surface area (Å²) >= 11 is 5.39. The van der Waals surface area contributed by atoms with Crippen molar-refractivity contribution in [1.82, 2.24) is 4.90 Å². The molecule has 0 heterocycles. The van der Waals surface area contributed by atoms with Crippen LogP contribution < -0.4 is 5.32 Å². The fraction of sp³-hybridized carbons (Fsp3) is 0.235. The predicted octanol–water partition coefficient (Wildman–Crippen LogP) is 4.82. The minimum absolute atomic E-state index is 0.193. The van der Waals surface area contributed by atoms with E-state index in [2.05, 4.69) is 45.5 Å². The van der Waals surface area contributed by atoms with Gasteiger partial charge in [0.05, 0.1) is 4.83 Å². The lowest BCUT2D eigenvalue weighted by atomic mass is 10.1. The summed E-state index contributed by atoms with van der Waals surface area (Å²) in [5.41, 5.74) is 2.15. The van der Waals surface area contributed by atoms with E-state index in [0.717, 1.165) is 12.2 Å². The van der Waals surface area contributed by atoms with Crippen molar-refractivity contribution >= 4 is 39.3 Å². The summed E-state index contributed by atoms with van der Waals surface area (Å²) in [6.45, 7) is 0.720. The number of alkyl halides is 1. The number of likely N-dealkylation sites (N-methyl/N-ethyl adjacent to an activating group) is 1. The number of guanidine groups is 1. The molecule has 22 heavy (non-hydrogen) atoms. The van der Waals surface area contributed by atoms with Gasteiger partial charge in [-0.1, -0.05) is 52.3 Å². The van der Waals surface area contributed by atoms with Crippen LogP contribution in [0.3, 0.4) is 0 Å². The highest BCUT2D eigenvalue weighted by molar-refractivity contribution is 9.09. The normalized spacial score (nSPS) is 11.8. The number of nitrogens with zero attached hydrogens (tertiary/aromatic N) is 1. The zero-order valence-electron chi connectivity index (χ0n) is 12.7. The molecule has 0 fully saturated rings. The van der Waals surface area contributed by atoms with Gasteiger partial charge in [-0.05, 0) is 30.0 Å². The smallest absolute Gasteiger partial charge is 0.195 e. The average molecular weight is 378 g/mol. The molecule has 0 aliphatic carbocycles. The standard InChI is InChI=1S/C17H20BrN3S/c1-21(12-16(18)13-7-4-3-5-8-13)17(19)20-14-9-6-10-15(11-14)22-2/h3-11,16H,12H2,1-2H3,(H2,19,20). The van der Waals surface area contributed by atoms with Gasteiger partial charge in [0.1, 0.15) is 0 Å². The molecular formula is C17H20BrN3S. The molecule has 0 spiro atoms. The maximum absolute atomic E-state index is 8.20. The lowest BCUT2D eigenvalue weighted by Gasteiger charge is -2.24. The molecule has 0 aromatic heterocycles. The van der Waals surface area contributed by atoms with Crippen molar-refractivity contribution < 1.29 is 0 Å². The van der Waals surface area contributed by atoms with E-state index in [0.29, 0.717) is 5.96 Å². The summed E-state index contributed by atoms with van der Waals surface area (Å²) < 4.78 is 0. The van der Waals surface area contributed by atoms with Crippen LogP contribution in [0, 0.1) is 5.41 Å². The van der Waals surface area contributed by atoms with Crippen molar-refractivity contribution in [2.45, 2.75) is 9.72 Å². The summed E-state index contributed by atoms with van der Waals surface area (Å²) in [7, 11) is 1.92. The Kier molecular flexibility index (Phi) is 6.34. The second-order valence-electron chi connectivity index (χ2n) is 4.96. The molecule has 1 unspecified atom stereocenters. The number of hydrogen-bond acceptors (Lipinski definition) is 2. The van der Waals surface area contributed by atoms with Crippen LogP contribution >= 0.6 is 27.7 Å². The summed E-state index contributed by atoms with van der Waals surface area (Å²) in [5.74, 6) is 0.388. The zero-order valence-corrected chi connectivity index (χ0v) is 15.1. The molecule has 2 aromatic rings. The molecule has 0 radical (unpaired) electrons. The molecule has 3 nitrogen and oxygen atoms in total. The Morgan fingerprint density at radius 3 is 2.64 bits per heavy atom. The summed E-state index contributed by atoms with van der Waals surface area (Å²) in [5, 5.41) is 11.4. The van der Waals surface area contributed by atoms with Gasteiger partial charge in [0, 0.05) is 24.2 Å². The molecule has 2 rings (SSSR count). The molecular weight excluding hydrogens is 358 g/mol. The van der Waals surface area contributed by atoms with Gasteiger partial charge < -0.3 is 10.2 Å². The average Bonchev–Trinajstić information content (AvgIpc) is 2.55. The van der Waals surface area contributed by atoms with E-state index in [1.807, 2.05) is 48.5 Å². The summed E-state index contributed by atoms with van der Waals surface area (Å²) in [6, 6.07) is 18.3. The lowest BCUT2D eigenvalue weighted by Crippen LogP contribution is -2.34. The van der Waals surface area contributed by atoms with Crippen LogP contribution in [0.4, 0.5) is 5.69 Å². The highest BCUT2D eigenvalue weighted by Crippen LogP contribution is 2.23. The molecule has 5 heteroatoms. The first-order chi connectivity index (χ1) is 10.6. The van der Waals surface area contributed by atoms with Gasteiger partial charge in [0.25, 0.3) is 0 Å². The fourth-order valence-corrected chi connectivity index (χ4v) is 3.23. The van der Waals surface area contributed by atoms with Gasteiger partial charge in [0.15, 0.2) is 5.96 Å². The highest BCUT2D eigenvalue weighted by atomic mass is 79.9. The Balaban J connectivity index is 1.94. The van der Waals surface area contributed by atoms with Crippen molar-refractivity contribution in [3.63, 3.8) is 0 Å². The Bertz CT molecular complexity index is 618. The molecule has 0 saturated heterocycles. The quantitative estimate of drug-likeness (QED) is 0.339. The topological polar surface area (TPSA) is 39.1 Å². The van der Waals surface area contributed by atoms with Crippen molar-refractivity contribution in [3.05, 3.63) is 60.2 Å². The van der Waals surface area contributed by atoms with Gasteiger partial charge >= 0.3 is 0 Å². The fourth-order valence-electron chi connectivity index (χ4n) is 2.03. The summed E-state index contributed by atoms with van der Waals surface area (Å²) in [4.78, 5) is 3.28. The van der Waals surface area contributed by atoms with Crippen LogP contribution in [0.15, 0.2) is 59.5 Å².